The minimum atomic E-state index is -0.138. The van der Waals surface area contributed by atoms with Gasteiger partial charge in [0.15, 0.2) is 0 Å². The van der Waals surface area contributed by atoms with E-state index < -0.39 is 0 Å². The molecule has 2 unspecified atom stereocenters. The first kappa shape index (κ1) is 32.4. The van der Waals surface area contributed by atoms with Crippen molar-refractivity contribution in [2.24, 2.45) is 5.92 Å². The van der Waals surface area contributed by atoms with Crippen molar-refractivity contribution in [3.63, 3.8) is 0 Å². The molecular weight excluding hydrogens is 689 g/mol. The van der Waals surface area contributed by atoms with Gasteiger partial charge in [0.25, 0.3) is 0 Å². The molecule has 2 heterocycles. The Hall–Kier alpha value is -6.90. The van der Waals surface area contributed by atoms with Crippen molar-refractivity contribution in [1.82, 2.24) is 9.13 Å². The first-order valence-corrected chi connectivity index (χ1v) is 20.2. The predicted molar refractivity (Wildman–Crippen MR) is 240 cm³/mol. The van der Waals surface area contributed by atoms with Crippen LogP contribution in [-0.4, -0.2) is 9.13 Å². The molecule has 7 aromatic carbocycles. The third-order valence-electron chi connectivity index (χ3n) is 13.1. The molecule has 2 atom stereocenters. The van der Waals surface area contributed by atoms with Crippen LogP contribution in [0.25, 0.3) is 82.7 Å². The number of para-hydroxylation sites is 1. The Kier molecular flexibility index (Phi) is 6.84. The molecule has 9 aromatic rings. The molecule has 0 aliphatic heterocycles. The van der Waals surface area contributed by atoms with Gasteiger partial charge in [-0.1, -0.05) is 166 Å². The van der Waals surface area contributed by atoms with E-state index in [-0.39, 0.29) is 17.4 Å². The lowest BCUT2D eigenvalue weighted by atomic mass is 9.81. The predicted octanol–water partition coefficient (Wildman–Crippen LogP) is 14.3. The summed E-state index contributed by atoms with van der Waals surface area (Å²) in [5, 5.41) is 5.15. The zero-order valence-corrected chi connectivity index (χ0v) is 32.0. The maximum atomic E-state index is 2.68. The van der Waals surface area contributed by atoms with E-state index in [4.69, 9.17) is 0 Å². The maximum absolute atomic E-state index is 2.68. The van der Waals surface area contributed by atoms with E-state index in [1.165, 1.54) is 99.4 Å². The molecule has 2 heteroatoms. The number of hydrogen-bond acceptors (Lipinski definition) is 0. The zero-order valence-electron chi connectivity index (χ0n) is 32.0. The summed E-state index contributed by atoms with van der Waals surface area (Å²) in [6.07, 6.45) is 16.0. The Balaban J connectivity index is 1.05. The van der Waals surface area contributed by atoms with Gasteiger partial charge in [0, 0.05) is 44.1 Å². The quantitative estimate of drug-likeness (QED) is 0.171. The first-order chi connectivity index (χ1) is 28.0. The van der Waals surface area contributed by atoms with Crippen LogP contribution >= 0.6 is 0 Å². The van der Waals surface area contributed by atoms with E-state index in [1.54, 1.807) is 0 Å². The van der Waals surface area contributed by atoms with Gasteiger partial charge in [-0.05, 0) is 92.5 Å². The average Bonchev–Trinajstić information content (AvgIpc) is 3.86. The summed E-state index contributed by atoms with van der Waals surface area (Å²) in [7, 11) is 0. The Bertz CT molecular complexity index is 3250. The smallest absolute Gasteiger partial charge is 0.0629 e. The molecule has 0 radical (unpaired) electrons. The molecule has 57 heavy (non-hydrogen) atoms. The minimum absolute atomic E-state index is 0.138. The number of aromatic nitrogens is 2. The van der Waals surface area contributed by atoms with Crippen molar-refractivity contribution >= 4 is 43.6 Å². The third kappa shape index (κ3) is 4.65. The van der Waals surface area contributed by atoms with Gasteiger partial charge in [0.05, 0.1) is 22.6 Å². The van der Waals surface area contributed by atoms with E-state index in [9.17, 15) is 0 Å². The van der Waals surface area contributed by atoms with Gasteiger partial charge in [0.1, 0.15) is 0 Å². The topological polar surface area (TPSA) is 9.86 Å². The molecule has 2 nitrogen and oxygen atoms in total. The Morgan fingerprint density at radius 1 is 0.491 bits per heavy atom. The maximum Gasteiger partial charge on any atom is 0.0629 e. The summed E-state index contributed by atoms with van der Waals surface area (Å²) in [4.78, 5) is 0. The molecule has 3 aliphatic rings. The van der Waals surface area contributed by atoms with E-state index in [2.05, 4.69) is 217 Å². The summed E-state index contributed by atoms with van der Waals surface area (Å²) in [6, 6.07) is 56.6. The molecule has 0 bridgehead atoms. The minimum Gasteiger partial charge on any atom is -0.332 e. The van der Waals surface area contributed by atoms with Crippen LogP contribution in [0.1, 0.15) is 31.0 Å². The molecule has 270 valence electrons. The molecule has 3 aliphatic carbocycles. The second-order valence-corrected chi connectivity index (χ2v) is 16.5. The fraction of sp³-hybridized carbons (Fsp3) is 0.0909. The van der Waals surface area contributed by atoms with Gasteiger partial charge in [-0.3, -0.25) is 0 Å². The van der Waals surface area contributed by atoms with Gasteiger partial charge in [-0.15, -0.1) is 0 Å². The van der Waals surface area contributed by atoms with E-state index in [0.717, 1.165) is 0 Å². The second-order valence-electron chi connectivity index (χ2n) is 16.5. The monoisotopic (exact) mass is 728 g/mol. The fourth-order valence-corrected chi connectivity index (χ4v) is 10.4. The van der Waals surface area contributed by atoms with Gasteiger partial charge >= 0.3 is 0 Å². The Morgan fingerprint density at radius 3 is 2.02 bits per heavy atom. The summed E-state index contributed by atoms with van der Waals surface area (Å²) < 4.78 is 5.09. The zero-order chi connectivity index (χ0) is 37.8. The summed E-state index contributed by atoms with van der Waals surface area (Å²) >= 11 is 0. The van der Waals surface area contributed by atoms with Crippen molar-refractivity contribution < 1.29 is 0 Å². The van der Waals surface area contributed by atoms with Crippen LogP contribution in [0, 0.1) is 5.92 Å². The van der Waals surface area contributed by atoms with Gasteiger partial charge in [-0.2, -0.15) is 0 Å². The molecule has 0 spiro atoms. The number of hydrogen-bond donors (Lipinski definition) is 0. The molecule has 12 rings (SSSR count). The molecule has 0 amide bonds. The van der Waals surface area contributed by atoms with E-state index in [1.807, 2.05) is 0 Å². The molecular formula is C55H40N2. The lowest BCUT2D eigenvalue weighted by Gasteiger charge is -2.32. The van der Waals surface area contributed by atoms with Gasteiger partial charge in [-0.25, -0.2) is 0 Å². The van der Waals surface area contributed by atoms with Crippen molar-refractivity contribution in [3.8, 4) is 39.1 Å². The lowest BCUT2D eigenvalue weighted by molar-refractivity contribution is 0.531. The lowest BCUT2D eigenvalue weighted by Crippen LogP contribution is -2.22. The van der Waals surface area contributed by atoms with Crippen LogP contribution in [0.5, 0.6) is 0 Å². The summed E-state index contributed by atoms with van der Waals surface area (Å²) in [5.74, 6) is 0.274. The fourth-order valence-electron chi connectivity index (χ4n) is 10.4. The SMILES string of the molecule is CC1(C)c2ccccc2-c2ccc3c4cc(-c5ccc6c(c5)c5ccccc5n6-c5ccc(-c6ccccc6)cc5)ccc4n(C4C=CC=C5C=CC=CC54)c3c21. The van der Waals surface area contributed by atoms with Crippen LogP contribution in [-0.2, 0) is 5.41 Å². The van der Waals surface area contributed by atoms with Crippen molar-refractivity contribution in [2.45, 2.75) is 25.3 Å². The molecule has 0 saturated carbocycles. The molecule has 0 N–H and O–H groups in total. The molecule has 2 aromatic heterocycles. The van der Waals surface area contributed by atoms with Gasteiger partial charge < -0.3 is 9.13 Å². The number of fused-ring (bicyclic) bond motifs is 11. The van der Waals surface area contributed by atoms with Gasteiger partial charge in [0.2, 0.25) is 0 Å². The number of benzene rings is 7. The Labute approximate surface area is 332 Å². The van der Waals surface area contributed by atoms with E-state index >= 15 is 0 Å². The van der Waals surface area contributed by atoms with Crippen molar-refractivity contribution in [3.05, 3.63) is 211 Å². The highest BCUT2D eigenvalue weighted by molar-refractivity contribution is 6.14. The molecule has 0 saturated heterocycles. The van der Waals surface area contributed by atoms with Crippen LogP contribution in [0.15, 0.2) is 200 Å². The Morgan fingerprint density at radius 2 is 1.18 bits per heavy atom. The summed E-state index contributed by atoms with van der Waals surface area (Å²) in [6.45, 7) is 4.83. The number of rotatable bonds is 4. The van der Waals surface area contributed by atoms with Crippen molar-refractivity contribution in [1.29, 1.82) is 0 Å². The molecule has 0 fully saturated rings. The number of allylic oxidation sites excluding steroid dienone is 8. The van der Waals surface area contributed by atoms with Crippen molar-refractivity contribution in [2.75, 3.05) is 0 Å². The normalized spacial score (nSPS) is 17.7. The highest BCUT2D eigenvalue weighted by Gasteiger charge is 2.39. The van der Waals surface area contributed by atoms with E-state index in [0.29, 0.717) is 0 Å². The third-order valence-corrected chi connectivity index (χ3v) is 13.1. The van der Waals surface area contributed by atoms with Crippen LogP contribution < -0.4 is 0 Å². The standard InChI is InChI=1S/C55H40N2/c1-55(2)48-20-10-8-18-42(48)44-29-30-45-47-34-39(26-32-52(47)57(54(45)53(44)55)49-22-12-16-37-15-6-7-17-41(37)49)38-25-31-51-46(33-38)43-19-9-11-21-50(43)56(51)40-27-23-36(24-28-40)35-13-4-3-5-14-35/h3-34,41,49H,1-2H3. The van der Waals surface area contributed by atoms with Crippen LogP contribution in [0.3, 0.4) is 0 Å². The van der Waals surface area contributed by atoms with Crippen LogP contribution in [0.2, 0.25) is 0 Å². The first-order valence-electron chi connectivity index (χ1n) is 20.2. The largest absolute Gasteiger partial charge is 0.332 e. The average molecular weight is 729 g/mol. The second kappa shape index (κ2) is 12.0. The number of nitrogens with zero attached hydrogens (tertiary/aromatic N) is 2. The summed E-state index contributed by atoms with van der Waals surface area (Å²) in [5.41, 5.74) is 17.9. The highest BCUT2D eigenvalue weighted by Crippen LogP contribution is 2.54. The highest BCUT2D eigenvalue weighted by atomic mass is 15.0. The van der Waals surface area contributed by atoms with Crippen LogP contribution in [0.4, 0.5) is 0 Å².